The van der Waals surface area contributed by atoms with E-state index in [0.717, 1.165) is 11.1 Å². The monoisotopic (exact) mass is 676 g/mol. The number of alkyl carbamates (subject to hydrolysis) is 1. The van der Waals surface area contributed by atoms with Crippen LogP contribution in [0.2, 0.25) is 0 Å². The molecule has 1 aliphatic rings. The maximum atomic E-state index is 14.6. The lowest BCUT2D eigenvalue weighted by Gasteiger charge is -2.39. The molecule has 0 saturated carbocycles. The zero-order valence-corrected chi connectivity index (χ0v) is 30.4. The quantitative estimate of drug-likeness (QED) is 0.329. The molecule has 0 saturated heterocycles. The third kappa shape index (κ3) is 9.93. The smallest absolute Gasteiger partial charge is 0.408 e. The number of carbonyl (C=O) groups excluding carboxylic acids is 5. The molecule has 0 radical (unpaired) electrons. The second-order valence-electron chi connectivity index (χ2n) is 14.2. The molecule has 2 aromatic carbocycles. The van der Waals surface area contributed by atoms with Gasteiger partial charge in [0.1, 0.15) is 35.5 Å². The van der Waals surface area contributed by atoms with Crippen LogP contribution in [0, 0.1) is 11.8 Å². The summed E-state index contributed by atoms with van der Waals surface area (Å²) >= 11 is 0. The number of nitrogens with zero attached hydrogens (tertiary/aromatic N) is 3. The number of hydrogen-bond donors (Lipinski definition) is 1. The fourth-order valence-corrected chi connectivity index (χ4v) is 6.01. The number of nitrogens with one attached hydrogen (secondary N) is 1. The van der Waals surface area contributed by atoms with E-state index in [-0.39, 0.29) is 18.3 Å². The molecular weight excluding hydrogens is 624 g/mol. The number of ether oxygens (including phenoxy) is 2. The Kier molecular flexibility index (Phi) is 13.2. The van der Waals surface area contributed by atoms with E-state index in [4.69, 9.17) is 9.47 Å². The second kappa shape index (κ2) is 16.6. The van der Waals surface area contributed by atoms with E-state index >= 15 is 0 Å². The van der Waals surface area contributed by atoms with Crippen LogP contribution in [0.4, 0.5) is 4.79 Å². The van der Waals surface area contributed by atoms with Crippen molar-refractivity contribution >= 4 is 29.7 Å². The lowest BCUT2D eigenvalue weighted by Crippen LogP contribution is -2.61. The van der Waals surface area contributed by atoms with Crippen LogP contribution >= 0.6 is 0 Å². The van der Waals surface area contributed by atoms with Gasteiger partial charge in [0.05, 0.1) is 7.11 Å². The van der Waals surface area contributed by atoms with Gasteiger partial charge >= 0.3 is 6.09 Å². The van der Waals surface area contributed by atoms with E-state index in [9.17, 15) is 24.0 Å². The maximum Gasteiger partial charge on any atom is 0.408 e. The van der Waals surface area contributed by atoms with Crippen molar-refractivity contribution in [2.24, 2.45) is 11.8 Å². The van der Waals surface area contributed by atoms with Gasteiger partial charge in [0.15, 0.2) is 0 Å². The Morgan fingerprint density at radius 3 is 1.88 bits per heavy atom. The van der Waals surface area contributed by atoms with Gasteiger partial charge in [0, 0.05) is 33.0 Å². The minimum Gasteiger partial charge on any atom is -0.499 e. The fraction of sp³-hybridized carbons (Fsp3) is 0.500. The van der Waals surface area contributed by atoms with Crippen molar-refractivity contribution < 1.29 is 33.4 Å². The van der Waals surface area contributed by atoms with Gasteiger partial charge in [-0.1, -0.05) is 88.4 Å². The summed E-state index contributed by atoms with van der Waals surface area (Å²) in [4.78, 5) is 73.0. The molecule has 0 unspecified atom stereocenters. The molecule has 0 bridgehead atoms. The average Bonchev–Trinajstić information content (AvgIpc) is 3.35. The van der Waals surface area contributed by atoms with Crippen LogP contribution in [-0.2, 0) is 41.5 Å². The molecule has 0 aromatic heterocycles. The highest BCUT2D eigenvalue weighted by molar-refractivity contribution is 6.07. The summed E-state index contributed by atoms with van der Waals surface area (Å²) < 4.78 is 11.0. The number of imide groups is 1. The number of likely N-dealkylation sites (N-methyl/N-ethyl adjacent to an activating group) is 2. The summed E-state index contributed by atoms with van der Waals surface area (Å²) in [7, 11) is 4.51. The summed E-state index contributed by atoms with van der Waals surface area (Å²) in [6.07, 6.45) is 1.04. The van der Waals surface area contributed by atoms with Gasteiger partial charge in [-0.3, -0.25) is 24.1 Å². The first kappa shape index (κ1) is 38.8. The van der Waals surface area contributed by atoms with Crippen LogP contribution in [0.15, 0.2) is 72.5 Å². The minimum absolute atomic E-state index is 0.128. The molecule has 2 aromatic rings. The van der Waals surface area contributed by atoms with Crippen molar-refractivity contribution in [3.05, 3.63) is 83.6 Å². The molecule has 11 heteroatoms. The molecule has 1 N–H and O–H groups in total. The highest BCUT2D eigenvalue weighted by Gasteiger charge is 2.45. The SMILES string of the molecule is COC1=CC(=O)N(C(=O)[C@H](Cc2ccccc2)N(C)C(=O)[C@H](C(C)C)N(C)C(=O)[C@@H](NC(=O)OC(C)(C)C)C(C)C)[C@H]1Cc1ccccc1. The summed E-state index contributed by atoms with van der Waals surface area (Å²) in [6.45, 7) is 12.4. The van der Waals surface area contributed by atoms with Crippen molar-refractivity contribution in [2.75, 3.05) is 21.2 Å². The summed E-state index contributed by atoms with van der Waals surface area (Å²) in [5, 5.41) is 2.67. The average molecular weight is 677 g/mol. The van der Waals surface area contributed by atoms with E-state index < -0.39 is 59.5 Å². The molecule has 49 heavy (non-hydrogen) atoms. The fourth-order valence-electron chi connectivity index (χ4n) is 6.01. The van der Waals surface area contributed by atoms with Gasteiger partial charge in [-0.2, -0.15) is 0 Å². The first-order valence-electron chi connectivity index (χ1n) is 16.7. The molecule has 4 atom stereocenters. The number of methoxy groups -OCH3 is 1. The Balaban J connectivity index is 1.97. The number of benzene rings is 2. The van der Waals surface area contributed by atoms with Crippen LogP contribution < -0.4 is 5.32 Å². The topological polar surface area (TPSA) is 126 Å². The molecule has 0 fully saturated rings. The zero-order valence-electron chi connectivity index (χ0n) is 30.4. The van der Waals surface area contributed by atoms with E-state index in [1.807, 2.05) is 74.5 Å². The van der Waals surface area contributed by atoms with Crippen molar-refractivity contribution in [3.8, 4) is 0 Å². The van der Waals surface area contributed by atoms with Gasteiger partial charge in [0.25, 0.3) is 11.8 Å². The van der Waals surface area contributed by atoms with Crippen LogP contribution in [0.5, 0.6) is 0 Å². The third-order valence-corrected chi connectivity index (χ3v) is 8.51. The number of rotatable bonds is 13. The van der Waals surface area contributed by atoms with Gasteiger partial charge in [0.2, 0.25) is 11.8 Å². The van der Waals surface area contributed by atoms with Gasteiger partial charge in [-0.15, -0.1) is 0 Å². The molecule has 5 amide bonds. The first-order valence-corrected chi connectivity index (χ1v) is 16.7. The first-order chi connectivity index (χ1) is 23.0. The predicted molar refractivity (Wildman–Crippen MR) is 187 cm³/mol. The Morgan fingerprint density at radius 2 is 1.39 bits per heavy atom. The van der Waals surface area contributed by atoms with E-state index in [0.29, 0.717) is 12.2 Å². The molecule has 3 rings (SSSR count). The van der Waals surface area contributed by atoms with Crippen molar-refractivity contribution in [2.45, 2.75) is 91.1 Å². The summed E-state index contributed by atoms with van der Waals surface area (Å²) in [5.41, 5.74) is 0.932. The van der Waals surface area contributed by atoms with Gasteiger partial charge < -0.3 is 24.6 Å². The van der Waals surface area contributed by atoms with Gasteiger partial charge in [-0.05, 0) is 43.7 Å². The molecule has 0 spiro atoms. The molecule has 266 valence electrons. The van der Waals surface area contributed by atoms with Crippen LogP contribution in [-0.4, -0.2) is 95.4 Å². The van der Waals surface area contributed by atoms with Crippen LogP contribution in [0.3, 0.4) is 0 Å². The Labute approximate surface area is 290 Å². The summed E-state index contributed by atoms with van der Waals surface area (Å²) in [5.74, 6) is -2.37. The Bertz CT molecular complexity index is 1500. The normalized spacial score (nSPS) is 16.5. The molecular formula is C38H52N4O7. The van der Waals surface area contributed by atoms with Crippen molar-refractivity contribution in [3.63, 3.8) is 0 Å². The molecule has 1 aliphatic heterocycles. The maximum absolute atomic E-state index is 14.6. The van der Waals surface area contributed by atoms with E-state index in [1.165, 1.54) is 42.0 Å². The van der Waals surface area contributed by atoms with Crippen LogP contribution in [0.1, 0.15) is 59.6 Å². The zero-order chi connectivity index (χ0) is 36.6. The lowest BCUT2D eigenvalue weighted by molar-refractivity contribution is -0.155. The minimum atomic E-state index is -1.09. The lowest BCUT2D eigenvalue weighted by atomic mass is 9.96. The largest absolute Gasteiger partial charge is 0.499 e. The summed E-state index contributed by atoms with van der Waals surface area (Å²) in [6, 6.07) is 15.0. The Hall–Kier alpha value is -4.67. The number of amides is 5. The molecule has 0 aliphatic carbocycles. The van der Waals surface area contributed by atoms with Gasteiger partial charge in [-0.25, -0.2) is 4.79 Å². The second-order valence-corrected chi connectivity index (χ2v) is 14.2. The Morgan fingerprint density at radius 1 is 0.837 bits per heavy atom. The standard InChI is InChI=1S/C38H52N4O7/c1-24(2)32(39-37(47)49-38(5,6)7)35(45)41(9)33(25(3)4)36(46)40(8)29(22-27-19-15-12-16-20-27)34(44)42-28(30(48-10)23-31(42)43)21-26-17-13-11-14-18-26/h11-20,23-25,28-29,32-33H,21-22H2,1-10H3,(H,39,47)/t28-,29-,32-,33-/m0/s1. The number of hydrogen-bond acceptors (Lipinski definition) is 7. The van der Waals surface area contributed by atoms with Crippen molar-refractivity contribution in [1.82, 2.24) is 20.0 Å². The highest BCUT2D eigenvalue weighted by Crippen LogP contribution is 2.27. The third-order valence-electron chi connectivity index (χ3n) is 8.51. The van der Waals surface area contributed by atoms with E-state index in [2.05, 4.69) is 5.32 Å². The highest BCUT2D eigenvalue weighted by atomic mass is 16.6. The van der Waals surface area contributed by atoms with Crippen molar-refractivity contribution in [1.29, 1.82) is 0 Å². The predicted octanol–water partition coefficient (Wildman–Crippen LogP) is 4.60. The molecule has 1 heterocycles. The number of carbonyl (C=O) groups is 5. The van der Waals surface area contributed by atoms with E-state index in [1.54, 1.807) is 34.6 Å². The van der Waals surface area contributed by atoms with Crippen LogP contribution in [0.25, 0.3) is 0 Å². The molecule has 11 nitrogen and oxygen atoms in total.